The number of unbranched alkanes of at least 4 members (excludes halogenated alkanes) is 28. The zero-order valence-electron chi connectivity index (χ0n) is 28.4. The molecule has 0 rings (SSSR count). The van der Waals surface area contributed by atoms with Gasteiger partial charge in [0.15, 0.2) is 0 Å². The van der Waals surface area contributed by atoms with Crippen molar-refractivity contribution in [3.8, 4) is 0 Å². The first-order chi connectivity index (χ1) is 20.7. The second kappa shape index (κ2) is 36.1. The molecule has 0 spiro atoms. The lowest BCUT2D eigenvalue weighted by molar-refractivity contribution is -0.305. The monoisotopic (exact) mass is 597 g/mol. The molecule has 0 aromatic rings. The third kappa shape index (κ3) is 35.1. The highest BCUT2D eigenvalue weighted by Gasteiger charge is 2.07. The second-order valence-corrected chi connectivity index (χ2v) is 12.6. The second-order valence-electron chi connectivity index (χ2n) is 12.6. The molecule has 0 unspecified atom stereocenters. The fourth-order valence-corrected chi connectivity index (χ4v) is 5.57. The number of esters is 1. The summed E-state index contributed by atoms with van der Waals surface area (Å²) in [5.74, 6) is -0.675. The maximum atomic E-state index is 11.8. The number of carbonyl (C=O) groups is 2. The number of rotatable bonds is 35. The molecule has 5 heteroatoms. The van der Waals surface area contributed by atoms with E-state index in [1.54, 1.807) is 0 Å². The Morgan fingerprint density at radius 1 is 0.357 bits per heavy atom. The van der Waals surface area contributed by atoms with Crippen molar-refractivity contribution in [2.45, 2.75) is 219 Å². The first-order valence-corrected chi connectivity index (χ1v) is 18.7. The molecule has 0 atom stereocenters. The number of ether oxygens (including phenoxy) is 1. The van der Waals surface area contributed by atoms with Gasteiger partial charge in [-0.15, -0.1) is 4.89 Å². The molecule has 0 N–H and O–H groups in total. The first-order valence-electron chi connectivity index (χ1n) is 18.7. The SMILES string of the molecule is CCCCCCCCCCCCCCCCCC(=O)OCOOC(=O)CCCCCCCCCCCCCCCCC. The van der Waals surface area contributed by atoms with Crippen LogP contribution >= 0.6 is 0 Å². The van der Waals surface area contributed by atoms with Crippen molar-refractivity contribution >= 4 is 11.9 Å². The molecule has 0 aromatic carbocycles. The van der Waals surface area contributed by atoms with Crippen LogP contribution in [-0.2, 0) is 24.1 Å². The van der Waals surface area contributed by atoms with Gasteiger partial charge in [0.25, 0.3) is 0 Å². The summed E-state index contributed by atoms with van der Waals surface area (Å²) >= 11 is 0. The molecule has 0 aliphatic heterocycles. The quantitative estimate of drug-likeness (QED) is 0.0239. The van der Waals surface area contributed by atoms with Crippen molar-refractivity contribution in [2.75, 3.05) is 6.79 Å². The van der Waals surface area contributed by atoms with Crippen LogP contribution in [0.3, 0.4) is 0 Å². The molecule has 0 fully saturated rings. The van der Waals surface area contributed by atoms with Crippen LogP contribution in [-0.4, -0.2) is 18.7 Å². The van der Waals surface area contributed by atoms with E-state index in [0.29, 0.717) is 12.8 Å². The van der Waals surface area contributed by atoms with E-state index >= 15 is 0 Å². The van der Waals surface area contributed by atoms with Crippen molar-refractivity contribution in [3.05, 3.63) is 0 Å². The third-order valence-electron chi connectivity index (χ3n) is 8.39. The largest absolute Gasteiger partial charge is 0.434 e. The van der Waals surface area contributed by atoms with Crippen molar-refractivity contribution < 1.29 is 24.1 Å². The van der Waals surface area contributed by atoms with Gasteiger partial charge >= 0.3 is 11.9 Å². The fourth-order valence-electron chi connectivity index (χ4n) is 5.57. The zero-order chi connectivity index (χ0) is 30.6. The van der Waals surface area contributed by atoms with Gasteiger partial charge in [-0.25, -0.2) is 4.79 Å². The first kappa shape index (κ1) is 40.9. The molecular weight excluding hydrogens is 524 g/mol. The average Bonchev–Trinajstić information content (AvgIpc) is 2.99. The van der Waals surface area contributed by atoms with E-state index in [2.05, 4.69) is 13.8 Å². The molecule has 0 radical (unpaired) electrons. The van der Waals surface area contributed by atoms with E-state index in [4.69, 9.17) is 14.5 Å². The van der Waals surface area contributed by atoms with Crippen LogP contribution < -0.4 is 0 Å². The van der Waals surface area contributed by atoms with Crippen LogP contribution in [0.5, 0.6) is 0 Å². The van der Waals surface area contributed by atoms with E-state index in [0.717, 1.165) is 25.7 Å². The van der Waals surface area contributed by atoms with Crippen LogP contribution in [0.25, 0.3) is 0 Å². The smallest absolute Gasteiger partial charge is 0.342 e. The lowest BCUT2D eigenvalue weighted by Crippen LogP contribution is -2.11. The van der Waals surface area contributed by atoms with Gasteiger partial charge in [-0.1, -0.05) is 194 Å². The summed E-state index contributed by atoms with van der Waals surface area (Å²) in [5, 5.41) is 0. The molecule has 0 aromatic heterocycles. The summed E-state index contributed by atoms with van der Waals surface area (Å²) in [4.78, 5) is 33.1. The van der Waals surface area contributed by atoms with Gasteiger partial charge in [0, 0.05) is 12.8 Å². The predicted octanol–water partition coefficient (Wildman–Crippen LogP) is 12.5. The van der Waals surface area contributed by atoms with Crippen molar-refractivity contribution in [1.29, 1.82) is 0 Å². The maximum absolute atomic E-state index is 11.8. The number of hydrogen-bond donors (Lipinski definition) is 0. The molecule has 0 saturated carbocycles. The third-order valence-corrected chi connectivity index (χ3v) is 8.39. The Morgan fingerprint density at radius 2 is 0.619 bits per heavy atom. The van der Waals surface area contributed by atoms with Crippen LogP contribution in [0.15, 0.2) is 0 Å². The Bertz CT molecular complexity index is 502. The Balaban J connectivity index is 3.26. The molecule has 0 aliphatic rings. The van der Waals surface area contributed by atoms with Crippen LogP contribution in [0.2, 0.25) is 0 Å². The van der Waals surface area contributed by atoms with Crippen LogP contribution in [0, 0.1) is 0 Å². The standard InChI is InChI=1S/C37H72O5/c1-3-5-7-9-11-13-15-17-19-21-23-25-27-29-31-33-36(38)40-35-41-42-37(39)34-32-30-28-26-24-22-20-18-16-14-12-10-8-6-4-2/h3-35H2,1-2H3. The van der Waals surface area contributed by atoms with Crippen LogP contribution in [0.4, 0.5) is 0 Å². The van der Waals surface area contributed by atoms with Gasteiger partial charge < -0.3 is 4.74 Å². The molecule has 250 valence electrons. The average molecular weight is 597 g/mol. The molecule has 0 amide bonds. The molecule has 42 heavy (non-hydrogen) atoms. The van der Waals surface area contributed by atoms with Crippen molar-refractivity contribution in [1.82, 2.24) is 0 Å². The summed E-state index contributed by atoms with van der Waals surface area (Å²) in [5.41, 5.74) is 0. The summed E-state index contributed by atoms with van der Waals surface area (Å²) in [7, 11) is 0. The molecular formula is C37H72O5. The highest BCUT2D eigenvalue weighted by atomic mass is 17.2. The normalized spacial score (nSPS) is 11.2. The van der Waals surface area contributed by atoms with E-state index in [-0.39, 0.29) is 18.7 Å². The summed E-state index contributed by atoms with van der Waals surface area (Å²) in [6.45, 7) is 4.23. The summed E-state index contributed by atoms with van der Waals surface area (Å²) in [6.07, 6.45) is 39.7. The maximum Gasteiger partial charge on any atom is 0.342 e. The lowest BCUT2D eigenvalue weighted by atomic mass is 10.0. The van der Waals surface area contributed by atoms with Crippen molar-refractivity contribution in [3.63, 3.8) is 0 Å². The predicted molar refractivity (Wildman–Crippen MR) is 177 cm³/mol. The summed E-state index contributed by atoms with van der Waals surface area (Å²) in [6, 6.07) is 0. The molecule has 0 bridgehead atoms. The van der Waals surface area contributed by atoms with Crippen molar-refractivity contribution in [2.24, 2.45) is 0 Å². The van der Waals surface area contributed by atoms with E-state index < -0.39 is 0 Å². The van der Waals surface area contributed by atoms with Crippen LogP contribution in [0.1, 0.15) is 219 Å². The minimum Gasteiger partial charge on any atom is -0.434 e. The van der Waals surface area contributed by atoms with Gasteiger partial charge in [0.1, 0.15) is 0 Å². The Labute approximate surface area is 261 Å². The Morgan fingerprint density at radius 3 is 0.929 bits per heavy atom. The molecule has 0 saturated heterocycles. The van der Waals surface area contributed by atoms with Gasteiger partial charge in [-0.2, -0.15) is 0 Å². The van der Waals surface area contributed by atoms with E-state index in [1.165, 1.54) is 167 Å². The molecule has 0 aliphatic carbocycles. The lowest BCUT2D eigenvalue weighted by Gasteiger charge is -2.06. The minimum atomic E-state index is -0.386. The molecule has 0 heterocycles. The van der Waals surface area contributed by atoms with Gasteiger partial charge in [0.05, 0.1) is 0 Å². The number of hydrogen-bond acceptors (Lipinski definition) is 5. The summed E-state index contributed by atoms with van der Waals surface area (Å²) < 4.78 is 5.00. The van der Waals surface area contributed by atoms with Gasteiger partial charge in [-0.05, 0) is 12.8 Å². The Kier molecular flexibility index (Phi) is 35.1. The van der Waals surface area contributed by atoms with Gasteiger partial charge in [0.2, 0.25) is 6.79 Å². The highest BCUT2D eigenvalue weighted by molar-refractivity contribution is 5.69. The number of carbonyl (C=O) groups excluding carboxylic acids is 2. The topological polar surface area (TPSA) is 61.8 Å². The highest BCUT2D eigenvalue weighted by Crippen LogP contribution is 2.15. The molecule has 5 nitrogen and oxygen atoms in total. The van der Waals surface area contributed by atoms with E-state index in [9.17, 15) is 9.59 Å². The fraction of sp³-hybridized carbons (Fsp3) is 0.946. The van der Waals surface area contributed by atoms with E-state index in [1.807, 2.05) is 0 Å². The minimum absolute atomic E-state index is 0.289. The zero-order valence-corrected chi connectivity index (χ0v) is 28.4. The van der Waals surface area contributed by atoms with Gasteiger partial charge in [-0.3, -0.25) is 9.68 Å². The Hall–Kier alpha value is -1.10.